The zero-order valence-electron chi connectivity index (χ0n) is 14.0. The fourth-order valence-corrected chi connectivity index (χ4v) is 3.79. The Bertz CT molecular complexity index is 1040. The highest BCUT2D eigenvalue weighted by molar-refractivity contribution is 7.09. The molecular weight excluding hydrogens is 332 g/mol. The van der Waals surface area contributed by atoms with Crippen molar-refractivity contribution < 1.29 is 4.79 Å². The molecule has 25 heavy (non-hydrogen) atoms. The number of hydrogen-bond acceptors (Lipinski definition) is 3. The van der Waals surface area contributed by atoms with Crippen LogP contribution in [0.25, 0.3) is 10.9 Å². The van der Waals surface area contributed by atoms with Gasteiger partial charge in [0.25, 0.3) is 5.91 Å². The van der Waals surface area contributed by atoms with E-state index in [1.807, 2.05) is 44.2 Å². The van der Waals surface area contributed by atoms with Crippen molar-refractivity contribution >= 4 is 33.8 Å². The molecule has 4 aromatic rings. The van der Waals surface area contributed by atoms with Crippen LogP contribution in [-0.4, -0.2) is 20.7 Å². The van der Waals surface area contributed by atoms with Gasteiger partial charge in [0, 0.05) is 21.7 Å². The van der Waals surface area contributed by atoms with E-state index in [1.54, 1.807) is 17.5 Å². The monoisotopic (exact) mass is 350 g/mol. The lowest BCUT2D eigenvalue weighted by molar-refractivity contribution is 0.102. The molecule has 1 aromatic carbocycles. The number of thiophene rings is 1. The summed E-state index contributed by atoms with van der Waals surface area (Å²) in [7, 11) is 0. The molecule has 0 aliphatic carbocycles. The Morgan fingerprint density at radius 1 is 1.28 bits per heavy atom. The van der Waals surface area contributed by atoms with Crippen molar-refractivity contribution in [2.75, 3.05) is 5.32 Å². The van der Waals surface area contributed by atoms with Gasteiger partial charge in [0.1, 0.15) is 0 Å². The molecule has 0 aliphatic rings. The average Bonchev–Trinajstić information content (AvgIpc) is 3.32. The smallest absolute Gasteiger partial charge is 0.257 e. The number of para-hydroxylation sites is 1. The summed E-state index contributed by atoms with van der Waals surface area (Å²) in [5.74, 6) is -0.104. The van der Waals surface area contributed by atoms with E-state index in [4.69, 9.17) is 0 Å². The zero-order valence-corrected chi connectivity index (χ0v) is 14.9. The summed E-state index contributed by atoms with van der Waals surface area (Å²) in [6.45, 7) is 4.82. The molecule has 0 spiro atoms. The van der Waals surface area contributed by atoms with Gasteiger partial charge in [-0.05, 0) is 37.4 Å². The number of nitrogens with one attached hydrogen (secondary N) is 2. The second kappa shape index (κ2) is 6.22. The first-order chi connectivity index (χ1) is 12.1. The van der Waals surface area contributed by atoms with E-state index in [0.717, 1.165) is 34.5 Å². The molecule has 2 N–H and O–H groups in total. The van der Waals surface area contributed by atoms with Crippen LogP contribution < -0.4 is 5.32 Å². The summed E-state index contributed by atoms with van der Waals surface area (Å²) in [5, 5.41) is 13.0. The predicted octanol–water partition coefficient (Wildman–Crippen LogP) is 4.34. The number of hydrogen-bond donors (Lipinski definition) is 2. The Kier molecular flexibility index (Phi) is 3.89. The number of aromatic amines is 1. The number of nitrogens with zero attached hydrogens (tertiary/aromatic N) is 2. The fourth-order valence-electron chi connectivity index (χ4n) is 3.10. The third kappa shape index (κ3) is 2.85. The zero-order chi connectivity index (χ0) is 17.4. The van der Waals surface area contributed by atoms with E-state index in [2.05, 4.69) is 31.5 Å². The first kappa shape index (κ1) is 15.7. The maximum absolute atomic E-state index is 12.8. The summed E-state index contributed by atoms with van der Waals surface area (Å²) in [6, 6.07) is 11.9. The van der Waals surface area contributed by atoms with Crippen LogP contribution in [0.5, 0.6) is 0 Å². The number of anilines is 1. The molecule has 126 valence electrons. The van der Waals surface area contributed by atoms with Crippen LogP contribution in [-0.2, 0) is 6.54 Å². The minimum Gasteiger partial charge on any atom is -0.343 e. The highest BCUT2D eigenvalue weighted by atomic mass is 32.1. The quantitative estimate of drug-likeness (QED) is 0.575. The Hall–Kier alpha value is -2.86. The van der Waals surface area contributed by atoms with Gasteiger partial charge in [-0.3, -0.25) is 9.89 Å². The van der Waals surface area contributed by atoms with Gasteiger partial charge < -0.3 is 9.88 Å². The Morgan fingerprint density at radius 2 is 2.16 bits per heavy atom. The van der Waals surface area contributed by atoms with Gasteiger partial charge >= 0.3 is 0 Å². The fraction of sp³-hybridized carbons (Fsp3) is 0.158. The molecule has 0 unspecified atom stereocenters. The molecule has 0 aliphatic heterocycles. The van der Waals surface area contributed by atoms with Gasteiger partial charge in [0.05, 0.1) is 29.5 Å². The van der Waals surface area contributed by atoms with Crippen molar-refractivity contribution in [1.29, 1.82) is 0 Å². The van der Waals surface area contributed by atoms with Crippen LogP contribution in [0.2, 0.25) is 0 Å². The van der Waals surface area contributed by atoms with Crippen molar-refractivity contribution in [2.24, 2.45) is 0 Å². The summed E-state index contributed by atoms with van der Waals surface area (Å²) in [5.41, 5.74) is 4.33. The molecular formula is C19H18N4OS. The lowest BCUT2D eigenvalue weighted by atomic mass is 10.2. The Labute approximate surface area is 149 Å². The van der Waals surface area contributed by atoms with Gasteiger partial charge in [-0.15, -0.1) is 11.3 Å². The summed E-state index contributed by atoms with van der Waals surface area (Å²) in [6.07, 6.45) is 1.75. The number of carbonyl (C=O) groups excluding carboxylic acids is 1. The van der Waals surface area contributed by atoms with Crippen LogP contribution in [0.1, 0.15) is 26.6 Å². The molecule has 0 fully saturated rings. The summed E-state index contributed by atoms with van der Waals surface area (Å²) >= 11 is 1.73. The van der Waals surface area contributed by atoms with E-state index in [0.29, 0.717) is 5.56 Å². The van der Waals surface area contributed by atoms with Crippen molar-refractivity contribution in [1.82, 2.24) is 14.8 Å². The molecule has 1 amide bonds. The molecule has 5 nitrogen and oxygen atoms in total. The number of carbonyl (C=O) groups is 1. The van der Waals surface area contributed by atoms with Gasteiger partial charge in [-0.1, -0.05) is 18.2 Å². The van der Waals surface area contributed by atoms with Crippen LogP contribution >= 0.6 is 11.3 Å². The summed E-state index contributed by atoms with van der Waals surface area (Å²) < 4.78 is 2.18. The molecule has 0 saturated heterocycles. The number of amides is 1. The van der Waals surface area contributed by atoms with E-state index in [1.165, 1.54) is 4.88 Å². The molecule has 3 aromatic heterocycles. The topological polar surface area (TPSA) is 62.7 Å². The van der Waals surface area contributed by atoms with E-state index < -0.39 is 0 Å². The number of rotatable bonds is 4. The van der Waals surface area contributed by atoms with E-state index >= 15 is 0 Å². The van der Waals surface area contributed by atoms with Gasteiger partial charge in [-0.25, -0.2) is 0 Å². The maximum Gasteiger partial charge on any atom is 0.257 e. The molecule has 3 heterocycles. The highest BCUT2D eigenvalue weighted by Crippen LogP contribution is 2.23. The normalized spacial score (nSPS) is 11.1. The Morgan fingerprint density at radius 3 is 2.96 bits per heavy atom. The lowest BCUT2D eigenvalue weighted by Crippen LogP contribution is -2.13. The van der Waals surface area contributed by atoms with Crippen molar-refractivity contribution in [2.45, 2.75) is 20.4 Å². The number of benzene rings is 1. The average molecular weight is 350 g/mol. The third-order valence-electron chi connectivity index (χ3n) is 4.44. The van der Waals surface area contributed by atoms with Crippen LogP contribution in [0.4, 0.5) is 5.69 Å². The molecule has 6 heteroatoms. The first-order valence-corrected chi connectivity index (χ1v) is 8.94. The van der Waals surface area contributed by atoms with Crippen LogP contribution in [0.3, 0.4) is 0 Å². The van der Waals surface area contributed by atoms with Crippen molar-refractivity contribution in [3.05, 3.63) is 69.8 Å². The van der Waals surface area contributed by atoms with Crippen molar-refractivity contribution in [3.63, 3.8) is 0 Å². The molecule has 0 atom stereocenters. The van der Waals surface area contributed by atoms with Gasteiger partial charge in [0.15, 0.2) is 0 Å². The second-order valence-electron chi connectivity index (χ2n) is 6.04. The molecule has 0 bridgehead atoms. The minimum absolute atomic E-state index is 0.104. The predicted molar refractivity (Wildman–Crippen MR) is 101 cm³/mol. The van der Waals surface area contributed by atoms with Crippen LogP contribution in [0.15, 0.2) is 48.0 Å². The van der Waals surface area contributed by atoms with Crippen LogP contribution in [0, 0.1) is 13.8 Å². The van der Waals surface area contributed by atoms with Gasteiger partial charge in [-0.2, -0.15) is 5.10 Å². The largest absolute Gasteiger partial charge is 0.343 e. The Balaban J connectivity index is 1.63. The van der Waals surface area contributed by atoms with Crippen molar-refractivity contribution in [3.8, 4) is 0 Å². The van der Waals surface area contributed by atoms with E-state index in [9.17, 15) is 4.79 Å². The van der Waals surface area contributed by atoms with E-state index in [-0.39, 0.29) is 5.91 Å². The number of aryl methyl sites for hydroxylation is 1. The summed E-state index contributed by atoms with van der Waals surface area (Å²) in [4.78, 5) is 14.1. The SMILES string of the molecule is Cc1cc(C(=O)Nc2cccc3cn[nH]c23)c(C)n1Cc1cccs1. The third-order valence-corrected chi connectivity index (χ3v) is 5.30. The number of aromatic nitrogens is 3. The highest BCUT2D eigenvalue weighted by Gasteiger charge is 2.17. The lowest BCUT2D eigenvalue weighted by Gasteiger charge is -2.09. The number of fused-ring (bicyclic) bond motifs is 1. The number of H-pyrrole nitrogens is 1. The molecule has 0 radical (unpaired) electrons. The second-order valence-corrected chi connectivity index (χ2v) is 7.08. The first-order valence-electron chi connectivity index (χ1n) is 8.06. The maximum atomic E-state index is 12.8. The molecule has 4 rings (SSSR count). The minimum atomic E-state index is -0.104. The standard InChI is InChI=1S/C19H18N4OS/c1-12-9-16(13(2)23(12)11-15-6-4-8-25-15)19(24)21-17-7-3-5-14-10-20-22-18(14)17/h3-10H,11H2,1-2H3,(H,20,22)(H,21,24). The molecule has 0 saturated carbocycles. The van der Waals surface area contributed by atoms with Gasteiger partial charge in [0.2, 0.25) is 0 Å².